The van der Waals surface area contributed by atoms with Crippen LogP contribution in [0.15, 0.2) is 29.6 Å². The van der Waals surface area contributed by atoms with E-state index in [4.69, 9.17) is 16.3 Å². The number of methoxy groups -OCH3 is 1. The standard InChI is InChI=1S/C16H20ClNOS/c1-4-18-13(16-15(17)11(2)10-20-16)9-12-7-5-6-8-14(12)19-3/h5-8,10,13,18H,4,9H2,1-3H3. The summed E-state index contributed by atoms with van der Waals surface area (Å²) >= 11 is 8.14. The highest BCUT2D eigenvalue weighted by Gasteiger charge is 2.19. The van der Waals surface area contributed by atoms with E-state index >= 15 is 0 Å². The molecule has 2 rings (SSSR count). The Hall–Kier alpha value is -1.03. The third-order valence-corrected chi connectivity index (χ3v) is 5.14. The highest BCUT2D eigenvalue weighted by Crippen LogP contribution is 2.35. The Morgan fingerprint density at radius 1 is 1.35 bits per heavy atom. The average molecular weight is 310 g/mol. The number of para-hydroxylation sites is 1. The Morgan fingerprint density at radius 3 is 2.70 bits per heavy atom. The average Bonchev–Trinajstić information content (AvgIpc) is 2.79. The molecule has 108 valence electrons. The molecule has 0 aliphatic rings. The Balaban J connectivity index is 2.28. The molecule has 0 aliphatic carbocycles. The summed E-state index contributed by atoms with van der Waals surface area (Å²) in [7, 11) is 1.71. The van der Waals surface area contributed by atoms with Crippen LogP contribution in [0.25, 0.3) is 0 Å². The maximum atomic E-state index is 6.42. The summed E-state index contributed by atoms with van der Waals surface area (Å²) in [5, 5.41) is 6.52. The third-order valence-electron chi connectivity index (χ3n) is 3.31. The maximum absolute atomic E-state index is 6.42. The van der Waals surface area contributed by atoms with E-state index in [1.54, 1.807) is 18.4 Å². The van der Waals surface area contributed by atoms with Crippen LogP contribution in [-0.2, 0) is 6.42 Å². The van der Waals surface area contributed by atoms with E-state index in [0.29, 0.717) is 0 Å². The predicted octanol–water partition coefficient (Wildman–Crippen LogP) is 4.61. The van der Waals surface area contributed by atoms with Gasteiger partial charge < -0.3 is 10.1 Å². The van der Waals surface area contributed by atoms with Crippen molar-refractivity contribution < 1.29 is 4.74 Å². The monoisotopic (exact) mass is 309 g/mol. The van der Waals surface area contributed by atoms with Gasteiger partial charge >= 0.3 is 0 Å². The van der Waals surface area contributed by atoms with Crippen molar-refractivity contribution in [1.29, 1.82) is 0 Å². The Morgan fingerprint density at radius 2 is 2.10 bits per heavy atom. The van der Waals surface area contributed by atoms with Crippen molar-refractivity contribution in [2.24, 2.45) is 0 Å². The number of nitrogens with one attached hydrogen (secondary N) is 1. The normalized spacial score (nSPS) is 12.4. The molecule has 0 amide bonds. The number of hydrogen-bond donors (Lipinski definition) is 1. The van der Waals surface area contributed by atoms with Crippen LogP contribution in [-0.4, -0.2) is 13.7 Å². The number of thiophene rings is 1. The molecule has 2 aromatic rings. The fourth-order valence-electron chi connectivity index (χ4n) is 2.28. The highest BCUT2D eigenvalue weighted by atomic mass is 35.5. The molecule has 1 heterocycles. The van der Waals surface area contributed by atoms with Crippen molar-refractivity contribution in [3.8, 4) is 5.75 Å². The lowest BCUT2D eigenvalue weighted by atomic mass is 10.0. The van der Waals surface area contributed by atoms with Gasteiger partial charge in [-0.1, -0.05) is 36.7 Å². The lowest BCUT2D eigenvalue weighted by Gasteiger charge is -2.19. The zero-order chi connectivity index (χ0) is 14.5. The number of halogens is 1. The van der Waals surface area contributed by atoms with Crippen molar-refractivity contribution in [1.82, 2.24) is 5.32 Å². The van der Waals surface area contributed by atoms with Crippen LogP contribution in [0.4, 0.5) is 0 Å². The van der Waals surface area contributed by atoms with Gasteiger partial charge in [-0.05, 0) is 42.5 Å². The summed E-state index contributed by atoms with van der Waals surface area (Å²) in [6.07, 6.45) is 0.873. The molecule has 0 bridgehead atoms. The third kappa shape index (κ3) is 3.35. The number of likely N-dealkylation sites (N-methyl/N-ethyl adjacent to an activating group) is 1. The first-order chi connectivity index (χ1) is 9.67. The summed E-state index contributed by atoms with van der Waals surface area (Å²) in [5.74, 6) is 0.930. The van der Waals surface area contributed by atoms with Crippen molar-refractivity contribution in [3.05, 3.63) is 50.7 Å². The van der Waals surface area contributed by atoms with E-state index in [2.05, 4.69) is 30.6 Å². The second kappa shape index (κ2) is 7.11. The number of aryl methyl sites for hydroxylation is 1. The van der Waals surface area contributed by atoms with E-state index in [1.807, 2.05) is 18.2 Å². The second-order valence-corrected chi connectivity index (χ2v) is 6.01. The molecule has 1 aromatic carbocycles. The van der Waals surface area contributed by atoms with Gasteiger partial charge in [-0.2, -0.15) is 0 Å². The first kappa shape index (κ1) is 15.4. The van der Waals surface area contributed by atoms with Gasteiger partial charge in [0.05, 0.1) is 12.1 Å². The van der Waals surface area contributed by atoms with Crippen LogP contribution in [0.1, 0.15) is 29.0 Å². The van der Waals surface area contributed by atoms with Crippen LogP contribution in [0.3, 0.4) is 0 Å². The molecule has 1 atom stereocenters. The van der Waals surface area contributed by atoms with Crippen LogP contribution in [0.2, 0.25) is 5.02 Å². The SMILES string of the molecule is CCNC(Cc1ccccc1OC)c1scc(C)c1Cl. The Labute approximate surface area is 129 Å². The minimum atomic E-state index is 0.225. The van der Waals surface area contributed by atoms with Crippen molar-refractivity contribution >= 4 is 22.9 Å². The van der Waals surface area contributed by atoms with E-state index in [9.17, 15) is 0 Å². The number of ether oxygens (including phenoxy) is 1. The summed E-state index contributed by atoms with van der Waals surface area (Å²) in [6, 6.07) is 8.37. The zero-order valence-electron chi connectivity index (χ0n) is 12.1. The summed E-state index contributed by atoms with van der Waals surface area (Å²) in [4.78, 5) is 1.21. The van der Waals surface area contributed by atoms with Crippen LogP contribution >= 0.6 is 22.9 Å². The fourth-order valence-corrected chi connectivity index (χ4v) is 3.68. The van der Waals surface area contributed by atoms with Gasteiger partial charge in [-0.15, -0.1) is 11.3 Å². The first-order valence-electron chi connectivity index (χ1n) is 6.76. The first-order valence-corrected chi connectivity index (χ1v) is 8.01. The molecule has 0 radical (unpaired) electrons. The van der Waals surface area contributed by atoms with Gasteiger partial charge in [0.1, 0.15) is 5.75 Å². The Bertz CT molecular complexity index is 567. The molecule has 0 saturated carbocycles. The van der Waals surface area contributed by atoms with Gasteiger partial charge in [-0.25, -0.2) is 0 Å². The summed E-state index contributed by atoms with van der Waals surface area (Å²) in [6.45, 7) is 5.07. The van der Waals surface area contributed by atoms with E-state index in [1.165, 1.54) is 10.4 Å². The highest BCUT2D eigenvalue weighted by molar-refractivity contribution is 7.10. The number of hydrogen-bond acceptors (Lipinski definition) is 3. The van der Waals surface area contributed by atoms with E-state index in [0.717, 1.165) is 29.3 Å². The second-order valence-electron chi connectivity index (χ2n) is 4.72. The molecule has 2 nitrogen and oxygen atoms in total. The molecule has 20 heavy (non-hydrogen) atoms. The molecule has 0 fully saturated rings. The van der Waals surface area contributed by atoms with Crippen LogP contribution in [0.5, 0.6) is 5.75 Å². The molecular weight excluding hydrogens is 290 g/mol. The Kier molecular flexibility index (Phi) is 5.46. The molecule has 0 spiro atoms. The fraction of sp³-hybridized carbons (Fsp3) is 0.375. The molecule has 0 aliphatic heterocycles. The van der Waals surface area contributed by atoms with Gasteiger partial charge in [0.25, 0.3) is 0 Å². The number of rotatable bonds is 6. The molecule has 1 N–H and O–H groups in total. The van der Waals surface area contributed by atoms with Gasteiger partial charge in [0.15, 0.2) is 0 Å². The largest absolute Gasteiger partial charge is 0.496 e. The molecular formula is C16H20ClNOS. The number of benzene rings is 1. The lowest BCUT2D eigenvalue weighted by molar-refractivity contribution is 0.406. The van der Waals surface area contributed by atoms with Gasteiger partial charge in [0.2, 0.25) is 0 Å². The lowest BCUT2D eigenvalue weighted by Crippen LogP contribution is -2.22. The quantitative estimate of drug-likeness (QED) is 0.841. The van der Waals surface area contributed by atoms with E-state index in [-0.39, 0.29) is 6.04 Å². The van der Waals surface area contributed by atoms with Crippen molar-refractivity contribution in [3.63, 3.8) is 0 Å². The molecule has 1 unspecified atom stereocenters. The van der Waals surface area contributed by atoms with Crippen molar-refractivity contribution in [2.75, 3.05) is 13.7 Å². The minimum Gasteiger partial charge on any atom is -0.496 e. The zero-order valence-corrected chi connectivity index (χ0v) is 13.6. The van der Waals surface area contributed by atoms with Gasteiger partial charge in [-0.3, -0.25) is 0 Å². The predicted molar refractivity (Wildman–Crippen MR) is 87.2 cm³/mol. The topological polar surface area (TPSA) is 21.3 Å². The van der Waals surface area contributed by atoms with Crippen molar-refractivity contribution in [2.45, 2.75) is 26.3 Å². The van der Waals surface area contributed by atoms with Gasteiger partial charge in [0, 0.05) is 10.9 Å². The van der Waals surface area contributed by atoms with Crippen LogP contribution in [0, 0.1) is 6.92 Å². The molecule has 1 aromatic heterocycles. The summed E-state index contributed by atoms with van der Waals surface area (Å²) in [5.41, 5.74) is 2.35. The van der Waals surface area contributed by atoms with Crippen LogP contribution < -0.4 is 10.1 Å². The summed E-state index contributed by atoms with van der Waals surface area (Å²) < 4.78 is 5.44. The molecule has 4 heteroatoms. The molecule has 0 saturated heterocycles. The minimum absolute atomic E-state index is 0.225. The van der Waals surface area contributed by atoms with E-state index < -0.39 is 0 Å². The maximum Gasteiger partial charge on any atom is 0.122 e. The smallest absolute Gasteiger partial charge is 0.122 e.